The highest BCUT2D eigenvalue weighted by Gasteiger charge is 2.32. The smallest absolute Gasteiger partial charge is 0.343 e. The van der Waals surface area contributed by atoms with Crippen LogP contribution in [0.1, 0.15) is 54.2 Å². The molecule has 0 bridgehead atoms. The molecule has 2 amide bonds. The third-order valence-electron chi connectivity index (χ3n) is 4.98. The molecule has 3 rings (SSSR count). The van der Waals surface area contributed by atoms with Gasteiger partial charge in [-0.15, -0.1) is 11.8 Å². The van der Waals surface area contributed by atoms with Crippen LogP contribution >= 0.6 is 11.8 Å². The Hall–Kier alpha value is -2.48. The zero-order chi connectivity index (χ0) is 22.6. The Bertz CT molecular complexity index is 929. The lowest BCUT2D eigenvalue weighted by Crippen LogP contribution is -2.38. The van der Waals surface area contributed by atoms with Gasteiger partial charge in [-0.2, -0.15) is 13.2 Å². The van der Waals surface area contributed by atoms with Gasteiger partial charge in [-0.25, -0.2) is 0 Å². The van der Waals surface area contributed by atoms with Crippen molar-refractivity contribution in [2.24, 2.45) is 0 Å². The number of amides is 2. The Labute approximate surface area is 184 Å². The molecule has 1 aliphatic rings. The van der Waals surface area contributed by atoms with Crippen molar-refractivity contribution in [3.8, 4) is 0 Å². The van der Waals surface area contributed by atoms with Gasteiger partial charge in [0.1, 0.15) is 0 Å². The fraction of sp³-hybridized carbons (Fsp3) is 0.391. The van der Waals surface area contributed by atoms with Crippen LogP contribution in [0.15, 0.2) is 53.4 Å². The first-order valence-corrected chi connectivity index (χ1v) is 11.0. The predicted molar refractivity (Wildman–Crippen MR) is 115 cm³/mol. The van der Waals surface area contributed by atoms with Crippen LogP contribution in [0.4, 0.5) is 13.2 Å². The Morgan fingerprint density at radius 2 is 1.87 bits per heavy atom. The molecule has 1 N–H and O–H groups in total. The van der Waals surface area contributed by atoms with Crippen LogP contribution < -0.4 is 5.32 Å². The molecule has 31 heavy (non-hydrogen) atoms. The average Bonchev–Trinajstić information content (AvgIpc) is 3.11. The van der Waals surface area contributed by atoms with E-state index < -0.39 is 23.7 Å². The molecule has 1 saturated heterocycles. The van der Waals surface area contributed by atoms with Crippen molar-refractivity contribution in [3.63, 3.8) is 0 Å². The second-order valence-electron chi connectivity index (χ2n) is 7.78. The molecule has 1 fully saturated rings. The Balaban J connectivity index is 1.83. The van der Waals surface area contributed by atoms with Crippen LogP contribution in [0, 0.1) is 0 Å². The number of nitrogens with one attached hydrogen (secondary N) is 1. The molecule has 0 aromatic heterocycles. The van der Waals surface area contributed by atoms with E-state index >= 15 is 0 Å². The SMILES string of the molecule is CC(C)Sc1ccc(C(=O)NC(CN2CCCC2=O)c2cccc(C(F)(F)F)c2)cc1. The van der Waals surface area contributed by atoms with Gasteiger partial charge < -0.3 is 10.2 Å². The number of halogens is 3. The number of nitrogens with zero attached hydrogens (tertiary/aromatic N) is 1. The average molecular weight is 451 g/mol. The molecule has 4 nitrogen and oxygen atoms in total. The lowest BCUT2D eigenvalue weighted by atomic mass is 10.0. The van der Waals surface area contributed by atoms with Crippen molar-refractivity contribution in [2.45, 2.75) is 49.1 Å². The van der Waals surface area contributed by atoms with E-state index in [2.05, 4.69) is 19.2 Å². The van der Waals surface area contributed by atoms with Gasteiger partial charge in [-0.1, -0.05) is 26.0 Å². The number of hydrogen-bond acceptors (Lipinski definition) is 3. The first kappa shape index (κ1) is 23.2. The van der Waals surface area contributed by atoms with Crippen molar-refractivity contribution >= 4 is 23.6 Å². The van der Waals surface area contributed by atoms with Gasteiger partial charge in [-0.05, 0) is 48.4 Å². The second-order valence-corrected chi connectivity index (χ2v) is 9.43. The topological polar surface area (TPSA) is 49.4 Å². The molecule has 1 heterocycles. The number of likely N-dealkylation sites (tertiary alicyclic amines) is 1. The molecule has 1 atom stereocenters. The molecule has 0 spiro atoms. The van der Waals surface area contributed by atoms with E-state index in [0.29, 0.717) is 35.8 Å². The Morgan fingerprint density at radius 1 is 1.16 bits per heavy atom. The molecule has 2 aromatic rings. The molecule has 1 unspecified atom stereocenters. The number of alkyl halides is 3. The van der Waals surface area contributed by atoms with E-state index in [0.717, 1.165) is 17.0 Å². The van der Waals surface area contributed by atoms with Crippen molar-refractivity contribution < 1.29 is 22.8 Å². The summed E-state index contributed by atoms with van der Waals surface area (Å²) in [5.41, 5.74) is -0.0558. The van der Waals surface area contributed by atoms with Gasteiger partial charge in [-0.3, -0.25) is 9.59 Å². The molecule has 166 valence electrons. The van der Waals surface area contributed by atoms with Crippen molar-refractivity contribution in [1.82, 2.24) is 10.2 Å². The minimum absolute atomic E-state index is 0.0544. The zero-order valence-electron chi connectivity index (χ0n) is 17.4. The summed E-state index contributed by atoms with van der Waals surface area (Å²) >= 11 is 1.67. The number of hydrogen-bond donors (Lipinski definition) is 1. The highest BCUT2D eigenvalue weighted by atomic mass is 32.2. The maximum absolute atomic E-state index is 13.2. The van der Waals surface area contributed by atoms with E-state index in [4.69, 9.17) is 0 Å². The minimum Gasteiger partial charge on any atom is -0.343 e. The van der Waals surface area contributed by atoms with Crippen LogP contribution in [0.2, 0.25) is 0 Å². The van der Waals surface area contributed by atoms with E-state index in [9.17, 15) is 22.8 Å². The van der Waals surface area contributed by atoms with E-state index in [-0.39, 0.29) is 12.5 Å². The zero-order valence-corrected chi connectivity index (χ0v) is 18.2. The van der Waals surface area contributed by atoms with Gasteiger partial charge in [0.05, 0.1) is 11.6 Å². The summed E-state index contributed by atoms with van der Waals surface area (Å²) in [6, 6.07) is 11.2. The maximum atomic E-state index is 13.2. The van der Waals surface area contributed by atoms with Crippen molar-refractivity contribution in [2.75, 3.05) is 13.1 Å². The number of carbonyl (C=O) groups excluding carboxylic acids is 2. The number of thioether (sulfide) groups is 1. The third-order valence-corrected chi connectivity index (χ3v) is 6.00. The molecule has 8 heteroatoms. The highest BCUT2D eigenvalue weighted by Crippen LogP contribution is 2.31. The molecule has 0 aliphatic carbocycles. The summed E-state index contributed by atoms with van der Waals surface area (Å²) < 4.78 is 39.6. The summed E-state index contributed by atoms with van der Waals surface area (Å²) in [5.74, 6) is -0.448. The lowest BCUT2D eigenvalue weighted by Gasteiger charge is -2.26. The first-order chi connectivity index (χ1) is 14.6. The largest absolute Gasteiger partial charge is 0.416 e. The standard InChI is InChI=1S/C23H25F3N2O2S/c1-15(2)31-19-10-8-16(9-11-19)22(30)27-20(14-28-12-4-7-21(28)29)17-5-3-6-18(13-17)23(24,25)26/h3,5-6,8-11,13,15,20H,4,7,12,14H2,1-2H3,(H,27,30). The molecular weight excluding hydrogens is 425 g/mol. The minimum atomic E-state index is -4.49. The van der Waals surface area contributed by atoms with E-state index in [1.165, 1.54) is 6.07 Å². The van der Waals surface area contributed by atoms with Gasteiger partial charge in [0.25, 0.3) is 5.91 Å². The molecule has 0 radical (unpaired) electrons. The third kappa shape index (κ3) is 6.26. The van der Waals surface area contributed by atoms with Crippen LogP contribution in [0.25, 0.3) is 0 Å². The van der Waals surface area contributed by atoms with Gasteiger partial charge in [0.2, 0.25) is 5.91 Å². The van der Waals surface area contributed by atoms with Crippen LogP contribution in [-0.2, 0) is 11.0 Å². The van der Waals surface area contributed by atoms with Crippen LogP contribution in [0.3, 0.4) is 0 Å². The normalized spacial score (nSPS) is 15.4. The lowest BCUT2D eigenvalue weighted by molar-refractivity contribution is -0.137. The quantitative estimate of drug-likeness (QED) is 0.583. The molecule has 1 aliphatic heterocycles. The van der Waals surface area contributed by atoms with Gasteiger partial charge in [0.15, 0.2) is 0 Å². The fourth-order valence-corrected chi connectivity index (χ4v) is 4.32. The fourth-order valence-electron chi connectivity index (χ4n) is 3.48. The number of benzene rings is 2. The Morgan fingerprint density at radius 3 is 2.45 bits per heavy atom. The molecular formula is C23H25F3N2O2S. The van der Waals surface area contributed by atoms with Crippen molar-refractivity contribution in [1.29, 1.82) is 0 Å². The summed E-state index contributed by atoms with van der Waals surface area (Å²) in [7, 11) is 0. The van der Waals surface area contributed by atoms with Crippen molar-refractivity contribution in [3.05, 3.63) is 65.2 Å². The summed E-state index contributed by atoms with van der Waals surface area (Å²) in [6.07, 6.45) is -3.37. The van der Waals surface area contributed by atoms with Gasteiger partial charge >= 0.3 is 6.18 Å². The summed E-state index contributed by atoms with van der Waals surface area (Å²) in [4.78, 5) is 27.6. The monoisotopic (exact) mass is 450 g/mol. The van der Waals surface area contributed by atoms with E-state index in [1.54, 1.807) is 34.9 Å². The number of rotatable bonds is 7. The molecule has 2 aromatic carbocycles. The second kappa shape index (κ2) is 9.77. The van der Waals surface area contributed by atoms with Gasteiger partial charge in [0, 0.05) is 35.2 Å². The van der Waals surface area contributed by atoms with Crippen LogP contribution in [-0.4, -0.2) is 35.1 Å². The van der Waals surface area contributed by atoms with Crippen LogP contribution in [0.5, 0.6) is 0 Å². The first-order valence-electron chi connectivity index (χ1n) is 10.2. The number of carbonyl (C=O) groups is 2. The maximum Gasteiger partial charge on any atom is 0.416 e. The summed E-state index contributed by atoms with van der Waals surface area (Å²) in [6.45, 7) is 4.81. The predicted octanol–water partition coefficient (Wildman–Crippen LogP) is 5.30. The molecule has 0 saturated carbocycles. The summed E-state index contributed by atoms with van der Waals surface area (Å²) in [5, 5.41) is 3.23. The highest BCUT2D eigenvalue weighted by molar-refractivity contribution is 7.99. The Kier molecular flexibility index (Phi) is 7.30. The van der Waals surface area contributed by atoms with E-state index in [1.807, 2.05) is 12.1 Å².